The van der Waals surface area contributed by atoms with Gasteiger partial charge in [-0.15, -0.1) is 0 Å². The molecule has 148 valence electrons. The van der Waals surface area contributed by atoms with Crippen molar-refractivity contribution in [1.29, 1.82) is 0 Å². The number of ether oxygens (including phenoxy) is 2. The lowest BCUT2D eigenvalue weighted by molar-refractivity contribution is 0.128. The van der Waals surface area contributed by atoms with E-state index in [1.54, 1.807) is 6.07 Å². The normalized spacial score (nSPS) is 11.0. The van der Waals surface area contributed by atoms with E-state index in [-0.39, 0.29) is 0 Å². The molecule has 0 amide bonds. The largest absolute Gasteiger partial charge is 0.489 e. The molecule has 0 radical (unpaired) electrons. The van der Waals surface area contributed by atoms with Crippen molar-refractivity contribution < 1.29 is 9.47 Å². The summed E-state index contributed by atoms with van der Waals surface area (Å²) in [6.07, 6.45) is 3.26. The third-order valence-electron chi connectivity index (χ3n) is 4.00. The minimum atomic E-state index is 0.413. The predicted octanol–water partition coefficient (Wildman–Crippen LogP) is 6.52. The third kappa shape index (κ3) is 8.28. The first-order chi connectivity index (χ1) is 13.1. The molecule has 0 bridgehead atoms. The Balaban J connectivity index is 1.82. The van der Waals surface area contributed by atoms with Crippen LogP contribution < -0.4 is 10.1 Å². The van der Waals surface area contributed by atoms with E-state index in [0.717, 1.165) is 55.9 Å². The zero-order valence-corrected chi connectivity index (χ0v) is 17.8. The first-order valence-electron chi connectivity index (χ1n) is 9.23. The maximum Gasteiger partial charge on any atom is 0.124 e. The van der Waals surface area contributed by atoms with E-state index >= 15 is 0 Å². The van der Waals surface area contributed by atoms with Crippen LogP contribution in [0.25, 0.3) is 0 Å². The van der Waals surface area contributed by atoms with E-state index in [1.807, 2.05) is 30.3 Å². The molecule has 2 rings (SSSR count). The number of benzene rings is 2. The summed E-state index contributed by atoms with van der Waals surface area (Å²) >= 11 is 18.2. The maximum atomic E-state index is 6.15. The topological polar surface area (TPSA) is 30.5 Å². The fraction of sp³-hybridized carbons (Fsp3) is 0.429. The van der Waals surface area contributed by atoms with E-state index in [9.17, 15) is 0 Å². The van der Waals surface area contributed by atoms with Gasteiger partial charge < -0.3 is 14.8 Å². The van der Waals surface area contributed by atoms with Gasteiger partial charge in [0.15, 0.2) is 0 Å². The SMILES string of the molecule is CCCCOCCCNCc1cc(Cl)ccc1OCc1ccc(Cl)c(Cl)c1. The van der Waals surface area contributed by atoms with Gasteiger partial charge in [0.2, 0.25) is 0 Å². The second-order valence-electron chi connectivity index (χ2n) is 6.29. The van der Waals surface area contributed by atoms with E-state index in [2.05, 4.69) is 12.2 Å². The van der Waals surface area contributed by atoms with Crippen molar-refractivity contribution in [2.45, 2.75) is 39.3 Å². The molecule has 1 N–H and O–H groups in total. The predicted molar refractivity (Wildman–Crippen MR) is 114 cm³/mol. The Bertz CT molecular complexity index is 710. The Morgan fingerprint density at radius 2 is 1.74 bits per heavy atom. The van der Waals surface area contributed by atoms with Crippen LogP contribution in [0.2, 0.25) is 15.1 Å². The van der Waals surface area contributed by atoms with E-state index in [0.29, 0.717) is 28.2 Å². The molecule has 0 spiro atoms. The quantitative estimate of drug-likeness (QED) is 0.389. The minimum absolute atomic E-state index is 0.413. The summed E-state index contributed by atoms with van der Waals surface area (Å²) < 4.78 is 11.5. The smallest absolute Gasteiger partial charge is 0.124 e. The van der Waals surface area contributed by atoms with Crippen molar-refractivity contribution in [3.05, 3.63) is 62.6 Å². The van der Waals surface area contributed by atoms with Crippen molar-refractivity contribution in [2.75, 3.05) is 19.8 Å². The molecule has 0 saturated carbocycles. The van der Waals surface area contributed by atoms with Crippen LogP contribution in [0.15, 0.2) is 36.4 Å². The van der Waals surface area contributed by atoms with Gasteiger partial charge in [0, 0.05) is 30.3 Å². The molecule has 2 aromatic rings. The van der Waals surface area contributed by atoms with Gasteiger partial charge in [0.05, 0.1) is 10.0 Å². The monoisotopic (exact) mass is 429 g/mol. The maximum absolute atomic E-state index is 6.15. The van der Waals surface area contributed by atoms with Gasteiger partial charge in [-0.2, -0.15) is 0 Å². The molecular weight excluding hydrogens is 405 g/mol. The molecule has 0 saturated heterocycles. The molecule has 0 aliphatic carbocycles. The molecule has 0 aliphatic heterocycles. The molecule has 27 heavy (non-hydrogen) atoms. The van der Waals surface area contributed by atoms with Crippen molar-refractivity contribution in [3.8, 4) is 5.75 Å². The number of halogens is 3. The molecule has 0 aromatic heterocycles. The van der Waals surface area contributed by atoms with Gasteiger partial charge in [-0.3, -0.25) is 0 Å². The zero-order valence-electron chi connectivity index (χ0n) is 15.6. The average Bonchev–Trinajstić information content (AvgIpc) is 2.66. The molecule has 6 heteroatoms. The van der Waals surface area contributed by atoms with E-state index in [4.69, 9.17) is 44.3 Å². The highest BCUT2D eigenvalue weighted by molar-refractivity contribution is 6.42. The van der Waals surface area contributed by atoms with Gasteiger partial charge >= 0.3 is 0 Å². The van der Waals surface area contributed by atoms with Crippen LogP contribution >= 0.6 is 34.8 Å². The first kappa shape index (κ1) is 22.3. The summed E-state index contributed by atoms with van der Waals surface area (Å²) in [7, 11) is 0. The number of nitrogens with one attached hydrogen (secondary N) is 1. The number of unbranched alkanes of at least 4 members (excludes halogenated alkanes) is 1. The Labute approximate surface area is 176 Å². The number of hydrogen-bond acceptors (Lipinski definition) is 3. The number of hydrogen-bond donors (Lipinski definition) is 1. The highest BCUT2D eigenvalue weighted by atomic mass is 35.5. The Kier molecular flexibility index (Phi) is 10.3. The van der Waals surface area contributed by atoms with Gasteiger partial charge in [0.1, 0.15) is 12.4 Å². The highest BCUT2D eigenvalue weighted by Gasteiger charge is 2.07. The average molecular weight is 431 g/mol. The molecule has 0 unspecified atom stereocenters. The second-order valence-corrected chi connectivity index (χ2v) is 7.54. The van der Waals surface area contributed by atoms with Gasteiger partial charge in [-0.1, -0.05) is 54.2 Å². The lowest BCUT2D eigenvalue weighted by atomic mass is 10.2. The Hall–Kier alpha value is -0.970. The van der Waals surface area contributed by atoms with Crippen LogP contribution in [0.4, 0.5) is 0 Å². The van der Waals surface area contributed by atoms with Crippen LogP contribution in [0, 0.1) is 0 Å². The lowest BCUT2D eigenvalue weighted by Gasteiger charge is -2.13. The molecule has 2 aromatic carbocycles. The summed E-state index contributed by atoms with van der Waals surface area (Å²) in [5.41, 5.74) is 1.98. The van der Waals surface area contributed by atoms with Crippen molar-refractivity contribution in [3.63, 3.8) is 0 Å². The minimum Gasteiger partial charge on any atom is -0.489 e. The van der Waals surface area contributed by atoms with Crippen LogP contribution in [-0.4, -0.2) is 19.8 Å². The lowest BCUT2D eigenvalue weighted by Crippen LogP contribution is -2.17. The van der Waals surface area contributed by atoms with Gasteiger partial charge in [-0.25, -0.2) is 0 Å². The third-order valence-corrected chi connectivity index (χ3v) is 4.97. The summed E-state index contributed by atoms with van der Waals surface area (Å²) in [4.78, 5) is 0. The number of rotatable bonds is 12. The van der Waals surface area contributed by atoms with Crippen LogP contribution in [-0.2, 0) is 17.9 Å². The zero-order chi connectivity index (χ0) is 19.5. The van der Waals surface area contributed by atoms with E-state index in [1.165, 1.54) is 0 Å². The molecule has 0 heterocycles. The summed E-state index contributed by atoms with van der Waals surface area (Å²) in [5, 5.41) is 5.17. The van der Waals surface area contributed by atoms with Crippen LogP contribution in [0.5, 0.6) is 5.75 Å². The fourth-order valence-electron chi connectivity index (χ4n) is 2.49. The molecule has 0 atom stereocenters. The molecule has 0 fully saturated rings. The summed E-state index contributed by atoms with van der Waals surface area (Å²) in [6, 6.07) is 11.1. The molecule has 3 nitrogen and oxygen atoms in total. The summed E-state index contributed by atoms with van der Waals surface area (Å²) in [6.45, 7) is 5.77. The van der Waals surface area contributed by atoms with Gasteiger partial charge in [-0.05, 0) is 55.3 Å². The van der Waals surface area contributed by atoms with Crippen molar-refractivity contribution in [1.82, 2.24) is 5.32 Å². The molecule has 0 aliphatic rings. The van der Waals surface area contributed by atoms with Gasteiger partial charge in [0.25, 0.3) is 0 Å². The Morgan fingerprint density at radius 1 is 0.926 bits per heavy atom. The standard InChI is InChI=1S/C21H26Cl3NO2/c1-2-3-10-26-11-4-9-25-14-17-13-18(22)6-8-21(17)27-15-16-5-7-19(23)20(24)12-16/h5-8,12-13,25H,2-4,9-11,14-15H2,1H3. The van der Waals surface area contributed by atoms with Crippen LogP contribution in [0.3, 0.4) is 0 Å². The van der Waals surface area contributed by atoms with Crippen molar-refractivity contribution >= 4 is 34.8 Å². The fourth-order valence-corrected chi connectivity index (χ4v) is 3.00. The van der Waals surface area contributed by atoms with E-state index < -0.39 is 0 Å². The van der Waals surface area contributed by atoms with Crippen molar-refractivity contribution in [2.24, 2.45) is 0 Å². The first-order valence-corrected chi connectivity index (χ1v) is 10.4. The second kappa shape index (κ2) is 12.5. The Morgan fingerprint density at radius 3 is 2.52 bits per heavy atom. The summed E-state index contributed by atoms with van der Waals surface area (Å²) in [5.74, 6) is 0.803. The highest BCUT2D eigenvalue weighted by Crippen LogP contribution is 2.26. The molecular formula is C21H26Cl3NO2. The van der Waals surface area contributed by atoms with Crippen LogP contribution in [0.1, 0.15) is 37.3 Å².